The zero-order valence-electron chi connectivity index (χ0n) is 17.6. The van der Waals surface area contributed by atoms with Crippen molar-refractivity contribution in [1.29, 1.82) is 0 Å². The van der Waals surface area contributed by atoms with Crippen LogP contribution in [-0.4, -0.2) is 42.0 Å². The van der Waals surface area contributed by atoms with Crippen molar-refractivity contribution in [1.82, 2.24) is 20.4 Å². The lowest BCUT2D eigenvalue weighted by molar-refractivity contribution is 0.145. The normalized spacial score (nSPS) is 11.6. The molecule has 0 saturated carbocycles. The van der Waals surface area contributed by atoms with Crippen LogP contribution in [0.1, 0.15) is 30.2 Å². The minimum absolute atomic E-state index is 0.596. The van der Waals surface area contributed by atoms with Crippen LogP contribution >= 0.6 is 0 Å². The molecule has 160 valence electrons. The predicted octanol–water partition coefficient (Wildman–Crippen LogP) is 3.23. The fraction of sp³-hybridized carbons (Fsp3) is 0.391. The van der Waals surface area contributed by atoms with Crippen molar-refractivity contribution in [3.8, 4) is 0 Å². The average molecular weight is 410 g/mol. The molecule has 0 radical (unpaired) electrons. The first-order valence-corrected chi connectivity index (χ1v) is 10.5. The van der Waals surface area contributed by atoms with E-state index in [9.17, 15) is 0 Å². The maximum Gasteiger partial charge on any atom is 0.191 e. The van der Waals surface area contributed by atoms with Crippen molar-refractivity contribution < 1.29 is 9.15 Å². The van der Waals surface area contributed by atoms with Gasteiger partial charge < -0.3 is 19.8 Å². The van der Waals surface area contributed by atoms with Gasteiger partial charge in [0.25, 0.3) is 0 Å². The molecular formula is C23H31N5O2. The summed E-state index contributed by atoms with van der Waals surface area (Å²) in [6.07, 6.45) is 7.22. The lowest BCUT2D eigenvalue weighted by Gasteiger charge is -2.13. The molecule has 0 atom stereocenters. The maximum absolute atomic E-state index is 5.42. The van der Waals surface area contributed by atoms with Crippen LogP contribution in [0.15, 0.2) is 70.5 Å². The lowest BCUT2D eigenvalue weighted by atomic mass is 10.1. The van der Waals surface area contributed by atoms with E-state index >= 15 is 0 Å². The number of guanidine groups is 1. The molecule has 0 unspecified atom stereocenters. The Hall–Kier alpha value is -3.06. The van der Waals surface area contributed by atoms with E-state index in [4.69, 9.17) is 14.1 Å². The Morgan fingerprint density at radius 2 is 1.97 bits per heavy atom. The van der Waals surface area contributed by atoms with Crippen molar-refractivity contribution in [2.45, 2.75) is 32.9 Å². The second-order valence-corrected chi connectivity index (χ2v) is 6.87. The largest absolute Gasteiger partial charge is 0.469 e. The molecule has 2 heterocycles. The molecule has 2 aromatic heterocycles. The summed E-state index contributed by atoms with van der Waals surface area (Å²) in [7, 11) is 0. The second kappa shape index (κ2) is 12.5. The Balaban J connectivity index is 1.59. The molecule has 0 bridgehead atoms. The van der Waals surface area contributed by atoms with Crippen molar-refractivity contribution in [2.24, 2.45) is 4.99 Å². The number of rotatable bonds is 12. The zero-order valence-corrected chi connectivity index (χ0v) is 17.6. The minimum Gasteiger partial charge on any atom is -0.469 e. The molecule has 30 heavy (non-hydrogen) atoms. The van der Waals surface area contributed by atoms with Gasteiger partial charge in [-0.15, -0.1) is 0 Å². The first-order valence-electron chi connectivity index (χ1n) is 10.5. The van der Waals surface area contributed by atoms with Crippen LogP contribution in [0.5, 0.6) is 0 Å². The molecule has 3 rings (SSSR count). The van der Waals surface area contributed by atoms with Gasteiger partial charge in [0.2, 0.25) is 0 Å². The predicted molar refractivity (Wildman–Crippen MR) is 118 cm³/mol. The molecule has 3 aromatic rings. The molecule has 0 fully saturated rings. The first-order chi connectivity index (χ1) is 14.8. The standard InChI is InChI=1S/C23H31N5O2/c1-2-29-16-7-12-24-23(25-14-11-22-10-5-17-30-22)26-18-20-8-3-4-9-21(20)19-28-15-6-13-27-28/h3-6,8-10,13,15,17H,2,7,11-12,14,16,18-19H2,1H3,(H2,24,25,26). The SMILES string of the molecule is CCOCCCNC(=NCc1ccccc1Cn1cccn1)NCCc1ccco1. The van der Waals surface area contributed by atoms with Crippen LogP contribution in [-0.2, 0) is 24.2 Å². The van der Waals surface area contributed by atoms with E-state index in [2.05, 4.69) is 40.0 Å². The highest BCUT2D eigenvalue weighted by Gasteiger charge is 2.05. The highest BCUT2D eigenvalue weighted by Crippen LogP contribution is 2.11. The summed E-state index contributed by atoms with van der Waals surface area (Å²) < 4.78 is 12.8. The van der Waals surface area contributed by atoms with Crippen LogP contribution in [0, 0.1) is 0 Å². The van der Waals surface area contributed by atoms with Gasteiger partial charge in [0.15, 0.2) is 5.96 Å². The molecule has 0 aliphatic rings. The Kier molecular flexibility index (Phi) is 9.01. The average Bonchev–Trinajstić information content (AvgIpc) is 3.46. The first kappa shape index (κ1) is 21.6. The number of aromatic nitrogens is 2. The number of furan rings is 1. The van der Waals surface area contributed by atoms with Crippen molar-refractivity contribution >= 4 is 5.96 Å². The van der Waals surface area contributed by atoms with Crippen molar-refractivity contribution in [2.75, 3.05) is 26.3 Å². The molecule has 0 aliphatic carbocycles. The molecule has 2 N–H and O–H groups in total. The van der Waals surface area contributed by atoms with Gasteiger partial charge in [-0.25, -0.2) is 4.99 Å². The number of aliphatic imine (C=N–C) groups is 1. The monoisotopic (exact) mass is 409 g/mol. The van der Waals surface area contributed by atoms with Crippen LogP contribution in [0.3, 0.4) is 0 Å². The molecule has 0 spiro atoms. The topological polar surface area (TPSA) is 76.6 Å². The number of nitrogens with zero attached hydrogens (tertiary/aromatic N) is 3. The van der Waals surface area contributed by atoms with Crippen molar-refractivity contribution in [3.05, 3.63) is 78.0 Å². The van der Waals surface area contributed by atoms with Gasteiger partial charge in [-0.2, -0.15) is 5.10 Å². The molecule has 0 aliphatic heterocycles. The van der Waals surface area contributed by atoms with E-state index in [1.54, 1.807) is 12.5 Å². The molecule has 1 aromatic carbocycles. The third kappa shape index (κ3) is 7.40. The molecule has 0 amide bonds. The number of hydrogen-bond donors (Lipinski definition) is 2. The highest BCUT2D eigenvalue weighted by atomic mass is 16.5. The zero-order chi connectivity index (χ0) is 20.9. The summed E-state index contributed by atoms with van der Waals surface area (Å²) in [5, 5.41) is 11.1. The Morgan fingerprint density at radius 3 is 2.73 bits per heavy atom. The molecule has 7 heteroatoms. The van der Waals surface area contributed by atoms with Crippen LogP contribution < -0.4 is 10.6 Å². The Morgan fingerprint density at radius 1 is 1.10 bits per heavy atom. The summed E-state index contributed by atoms with van der Waals surface area (Å²) in [5.41, 5.74) is 2.41. The van der Waals surface area contributed by atoms with Gasteiger partial charge in [0.1, 0.15) is 5.76 Å². The summed E-state index contributed by atoms with van der Waals surface area (Å²) in [5.74, 6) is 1.76. The van der Waals surface area contributed by atoms with Gasteiger partial charge in [-0.1, -0.05) is 24.3 Å². The number of nitrogens with one attached hydrogen (secondary N) is 2. The van der Waals surface area contributed by atoms with E-state index in [-0.39, 0.29) is 0 Å². The van der Waals surface area contributed by atoms with Crippen LogP contribution in [0.2, 0.25) is 0 Å². The van der Waals surface area contributed by atoms with Gasteiger partial charge in [-0.3, -0.25) is 4.68 Å². The highest BCUT2D eigenvalue weighted by molar-refractivity contribution is 5.79. The third-order valence-corrected chi connectivity index (χ3v) is 4.62. The van der Waals surface area contributed by atoms with Gasteiger partial charge >= 0.3 is 0 Å². The summed E-state index contributed by atoms with van der Waals surface area (Å²) >= 11 is 0. The number of hydrogen-bond acceptors (Lipinski definition) is 4. The fourth-order valence-electron chi connectivity index (χ4n) is 3.06. The van der Waals surface area contributed by atoms with Gasteiger partial charge in [-0.05, 0) is 42.7 Å². The van der Waals surface area contributed by atoms with E-state index in [0.29, 0.717) is 6.54 Å². The number of ether oxygens (including phenoxy) is 1. The maximum atomic E-state index is 5.42. The molecule has 0 saturated heterocycles. The molecule has 7 nitrogen and oxygen atoms in total. The number of benzene rings is 1. The fourth-order valence-corrected chi connectivity index (χ4v) is 3.06. The third-order valence-electron chi connectivity index (χ3n) is 4.62. The van der Waals surface area contributed by atoms with Gasteiger partial charge in [0.05, 0.1) is 19.4 Å². The summed E-state index contributed by atoms with van der Waals surface area (Å²) in [6.45, 7) is 6.39. The van der Waals surface area contributed by atoms with E-state index in [1.807, 2.05) is 36.0 Å². The molecular weight excluding hydrogens is 378 g/mol. The summed E-state index contributed by atoms with van der Waals surface area (Å²) in [4.78, 5) is 4.81. The van der Waals surface area contributed by atoms with Crippen molar-refractivity contribution in [3.63, 3.8) is 0 Å². The van der Waals surface area contributed by atoms with Crippen LogP contribution in [0.25, 0.3) is 0 Å². The smallest absolute Gasteiger partial charge is 0.191 e. The van der Waals surface area contributed by atoms with Crippen LogP contribution in [0.4, 0.5) is 0 Å². The van der Waals surface area contributed by atoms with E-state index < -0.39 is 0 Å². The van der Waals surface area contributed by atoms with E-state index in [1.165, 1.54) is 11.1 Å². The Bertz CT molecular complexity index is 860. The quantitative estimate of drug-likeness (QED) is 0.273. The lowest BCUT2D eigenvalue weighted by Crippen LogP contribution is -2.39. The Labute approximate surface area is 178 Å². The summed E-state index contributed by atoms with van der Waals surface area (Å²) in [6, 6.07) is 14.2. The second-order valence-electron chi connectivity index (χ2n) is 6.87. The minimum atomic E-state index is 0.596. The van der Waals surface area contributed by atoms with Gasteiger partial charge in [0, 0.05) is 45.1 Å². The van der Waals surface area contributed by atoms with E-state index in [0.717, 1.165) is 57.4 Å².